The molecule has 11 heteroatoms. The van der Waals surface area contributed by atoms with Gasteiger partial charge in [0, 0.05) is 0 Å². The number of amides is 2. The highest BCUT2D eigenvalue weighted by molar-refractivity contribution is 6.07. The van der Waals surface area contributed by atoms with Crippen molar-refractivity contribution in [3.63, 3.8) is 0 Å². The summed E-state index contributed by atoms with van der Waals surface area (Å²) in [6.07, 6.45) is -1.05. The number of nitrogens with zero attached hydrogens (tertiary/aromatic N) is 5. The van der Waals surface area contributed by atoms with Crippen LogP contribution in [-0.4, -0.2) is 33.4 Å². The Balaban J connectivity index is 2.37. The smallest absolute Gasteiger partial charge is 0.382 e. The quantitative estimate of drug-likeness (QED) is 0.117. The molecule has 0 radical (unpaired) electrons. The van der Waals surface area contributed by atoms with E-state index in [1.165, 1.54) is 24.3 Å². The van der Waals surface area contributed by atoms with Crippen molar-refractivity contribution in [3.8, 4) is 0 Å². The molecule has 1 aromatic rings. The van der Waals surface area contributed by atoms with E-state index >= 15 is 0 Å². The molecule has 1 saturated heterocycles. The van der Waals surface area contributed by atoms with Crippen molar-refractivity contribution in [2.24, 2.45) is 5.22 Å². The average Bonchev–Trinajstić information content (AvgIpc) is 2.74. The molecule has 1 fully saturated rings. The lowest BCUT2D eigenvalue weighted by molar-refractivity contribution is -0.597. The van der Waals surface area contributed by atoms with E-state index in [1.807, 2.05) is 0 Å². The van der Waals surface area contributed by atoms with Crippen molar-refractivity contribution in [3.05, 3.63) is 56.5 Å². The summed E-state index contributed by atoms with van der Waals surface area (Å²) >= 11 is 0. The first-order valence-corrected chi connectivity index (χ1v) is 5.77. The Hall–Kier alpha value is -3.46. The zero-order chi connectivity index (χ0) is 16.3. The predicted octanol–water partition coefficient (Wildman–Crippen LogP) is 0.801. The zero-order valence-electron chi connectivity index (χ0n) is 10.8. The number of esters is 1. The van der Waals surface area contributed by atoms with Crippen LogP contribution < -0.4 is 0 Å². The van der Waals surface area contributed by atoms with E-state index in [0.717, 1.165) is 0 Å². The standard InChI is InChI=1S/C11H7N5O6/c12-13-14-15-8(17)6-11(10(15)19,16(20)21)22-9(18)7-4-2-1-3-5-7/h1-5H,6H2. The maximum atomic E-state index is 12.0. The molecule has 22 heavy (non-hydrogen) atoms. The van der Waals surface area contributed by atoms with Gasteiger partial charge < -0.3 is 4.74 Å². The average molecular weight is 305 g/mol. The van der Waals surface area contributed by atoms with Gasteiger partial charge in [0.15, 0.2) is 6.42 Å². The van der Waals surface area contributed by atoms with Gasteiger partial charge in [-0.25, -0.2) is 14.4 Å². The third-order valence-electron chi connectivity index (χ3n) is 2.85. The van der Waals surface area contributed by atoms with E-state index in [9.17, 15) is 24.5 Å². The third kappa shape index (κ3) is 2.31. The molecular weight excluding hydrogens is 298 g/mol. The Bertz CT molecular complexity index is 713. The summed E-state index contributed by atoms with van der Waals surface area (Å²) in [7, 11) is 0. The van der Waals surface area contributed by atoms with E-state index in [4.69, 9.17) is 5.53 Å². The zero-order valence-corrected chi connectivity index (χ0v) is 10.8. The second-order valence-corrected chi connectivity index (χ2v) is 4.16. The van der Waals surface area contributed by atoms with Crippen molar-refractivity contribution >= 4 is 17.8 Å². The number of azide groups is 1. The summed E-state index contributed by atoms with van der Waals surface area (Å²) < 4.78 is 4.67. The molecule has 0 saturated carbocycles. The van der Waals surface area contributed by atoms with E-state index in [1.54, 1.807) is 6.07 Å². The maximum Gasteiger partial charge on any atom is 0.479 e. The van der Waals surface area contributed by atoms with E-state index in [0.29, 0.717) is 0 Å². The first-order valence-electron chi connectivity index (χ1n) is 5.77. The molecular formula is C11H7N5O6. The molecule has 2 rings (SSSR count). The Kier molecular flexibility index (Phi) is 3.73. The lowest BCUT2D eigenvalue weighted by Crippen LogP contribution is -2.49. The van der Waals surface area contributed by atoms with Crippen LogP contribution in [-0.2, 0) is 14.3 Å². The van der Waals surface area contributed by atoms with Gasteiger partial charge in [-0.15, -0.1) is 10.5 Å². The molecule has 1 aromatic carbocycles. The molecule has 1 aliphatic heterocycles. The SMILES string of the molecule is [N-]=[N+]=NN1C(=O)CC(OC(=O)c2ccccc2)([N+](=O)[O-])C1=O. The number of imide groups is 1. The highest BCUT2D eigenvalue weighted by Crippen LogP contribution is 2.30. The van der Waals surface area contributed by atoms with Crippen molar-refractivity contribution in [1.29, 1.82) is 0 Å². The maximum absolute atomic E-state index is 12.0. The number of hydrogen-bond acceptors (Lipinski definition) is 7. The first-order chi connectivity index (χ1) is 10.4. The lowest BCUT2D eigenvalue weighted by atomic mass is 10.1. The van der Waals surface area contributed by atoms with Gasteiger partial charge in [0.05, 0.1) is 10.5 Å². The molecule has 0 bridgehead atoms. The topological polar surface area (TPSA) is 156 Å². The Morgan fingerprint density at radius 3 is 2.59 bits per heavy atom. The van der Waals surface area contributed by atoms with Crippen LogP contribution in [0.2, 0.25) is 0 Å². The van der Waals surface area contributed by atoms with Crippen LogP contribution in [0.4, 0.5) is 0 Å². The Labute approximate surface area is 121 Å². The van der Waals surface area contributed by atoms with Crippen LogP contribution in [0, 0.1) is 10.1 Å². The van der Waals surface area contributed by atoms with Crippen LogP contribution in [0.5, 0.6) is 0 Å². The summed E-state index contributed by atoms with van der Waals surface area (Å²) in [4.78, 5) is 47.7. The number of nitro groups is 1. The second-order valence-electron chi connectivity index (χ2n) is 4.16. The van der Waals surface area contributed by atoms with Crippen molar-refractivity contribution in [1.82, 2.24) is 5.01 Å². The largest absolute Gasteiger partial charge is 0.479 e. The van der Waals surface area contributed by atoms with Gasteiger partial charge in [-0.05, 0) is 17.4 Å². The summed E-state index contributed by atoms with van der Waals surface area (Å²) in [5.41, 5.74) is 5.30. The van der Waals surface area contributed by atoms with Crippen LogP contribution in [0.15, 0.2) is 35.6 Å². The minimum absolute atomic E-state index is 0.0267. The predicted molar refractivity (Wildman–Crippen MR) is 67.2 cm³/mol. The van der Waals surface area contributed by atoms with Crippen molar-refractivity contribution in [2.45, 2.75) is 12.1 Å². The van der Waals surface area contributed by atoms with Gasteiger partial charge in [-0.3, -0.25) is 10.1 Å². The Morgan fingerprint density at radius 2 is 2.05 bits per heavy atom. The molecule has 1 unspecified atom stereocenters. The molecule has 1 aliphatic rings. The van der Waals surface area contributed by atoms with Crippen LogP contribution in [0.1, 0.15) is 16.8 Å². The fraction of sp³-hybridized carbons (Fsp3) is 0.182. The first kappa shape index (κ1) is 14.9. The van der Waals surface area contributed by atoms with Gasteiger partial charge in [0.1, 0.15) is 0 Å². The minimum Gasteiger partial charge on any atom is -0.382 e. The molecule has 11 nitrogen and oxygen atoms in total. The van der Waals surface area contributed by atoms with Crippen molar-refractivity contribution in [2.75, 3.05) is 0 Å². The van der Waals surface area contributed by atoms with Gasteiger partial charge in [0.25, 0.3) is 0 Å². The number of rotatable bonds is 4. The molecule has 0 aromatic heterocycles. The van der Waals surface area contributed by atoms with Gasteiger partial charge in [-0.2, -0.15) is 4.91 Å². The summed E-state index contributed by atoms with van der Waals surface area (Å²) in [6, 6.07) is 7.23. The summed E-state index contributed by atoms with van der Waals surface area (Å²) in [5.74, 6) is -3.81. The normalized spacial score (nSPS) is 20.5. The number of carbonyl (C=O) groups excluding carboxylic acids is 3. The monoisotopic (exact) mass is 305 g/mol. The van der Waals surface area contributed by atoms with Crippen LogP contribution in [0.3, 0.4) is 0 Å². The fourth-order valence-electron chi connectivity index (χ4n) is 1.81. The van der Waals surface area contributed by atoms with Gasteiger partial charge >= 0.3 is 23.5 Å². The molecule has 1 heterocycles. The molecule has 0 N–H and O–H groups in total. The fourth-order valence-corrected chi connectivity index (χ4v) is 1.81. The number of ether oxygens (including phenoxy) is 1. The van der Waals surface area contributed by atoms with E-state index in [-0.39, 0.29) is 10.6 Å². The number of benzene rings is 1. The summed E-state index contributed by atoms with van der Waals surface area (Å²) in [6.45, 7) is 0. The molecule has 0 spiro atoms. The van der Waals surface area contributed by atoms with Gasteiger partial charge in [-0.1, -0.05) is 18.2 Å². The lowest BCUT2D eigenvalue weighted by Gasteiger charge is -2.15. The van der Waals surface area contributed by atoms with Crippen LogP contribution in [0.25, 0.3) is 10.4 Å². The molecule has 112 valence electrons. The van der Waals surface area contributed by atoms with Crippen molar-refractivity contribution < 1.29 is 24.0 Å². The third-order valence-corrected chi connectivity index (χ3v) is 2.85. The number of carbonyl (C=O) groups is 3. The second kappa shape index (κ2) is 5.50. The molecule has 0 aliphatic carbocycles. The highest BCUT2D eigenvalue weighted by atomic mass is 16.7. The molecule has 1 atom stereocenters. The highest BCUT2D eigenvalue weighted by Gasteiger charge is 2.70. The summed E-state index contributed by atoms with van der Waals surface area (Å²) in [5, 5.41) is 13.9. The van der Waals surface area contributed by atoms with Gasteiger partial charge in [0.2, 0.25) is 0 Å². The van der Waals surface area contributed by atoms with E-state index in [2.05, 4.69) is 14.9 Å². The van der Waals surface area contributed by atoms with E-state index < -0.39 is 34.9 Å². The number of hydrogen-bond donors (Lipinski definition) is 0. The minimum atomic E-state index is -2.93. The van der Waals surface area contributed by atoms with Crippen LogP contribution >= 0.6 is 0 Å². The molecule has 2 amide bonds. The Morgan fingerprint density at radius 1 is 1.41 bits per heavy atom.